The van der Waals surface area contributed by atoms with Crippen LogP contribution in [-0.4, -0.2) is 35.5 Å². The third-order valence-electron chi connectivity index (χ3n) is 4.78. The van der Waals surface area contributed by atoms with Gasteiger partial charge in [-0.3, -0.25) is 14.9 Å². The molecule has 0 aliphatic heterocycles. The first-order valence-electron chi connectivity index (χ1n) is 9.96. The van der Waals surface area contributed by atoms with Crippen molar-refractivity contribution in [2.45, 2.75) is 51.0 Å². The summed E-state index contributed by atoms with van der Waals surface area (Å²) in [6.45, 7) is -0.538. The molecule has 8 nitrogen and oxygen atoms in total. The molecule has 0 radical (unpaired) electrons. The number of rotatable bonds is 7. The van der Waals surface area contributed by atoms with Crippen LogP contribution in [0.3, 0.4) is 0 Å². The summed E-state index contributed by atoms with van der Waals surface area (Å²) in [6, 6.07) is 5.27. The van der Waals surface area contributed by atoms with Gasteiger partial charge in [0.15, 0.2) is 18.3 Å². The summed E-state index contributed by atoms with van der Waals surface area (Å²) in [5, 5.41) is 4.91. The molecular weight excluding hydrogens is 393 g/mol. The molecule has 0 saturated heterocycles. The topological polar surface area (TPSA) is 111 Å². The maximum atomic E-state index is 13.0. The van der Waals surface area contributed by atoms with E-state index < -0.39 is 24.5 Å². The minimum atomic E-state index is -0.689. The molecule has 3 amide bonds. The van der Waals surface area contributed by atoms with Crippen LogP contribution in [-0.2, 0) is 20.7 Å². The number of amides is 3. The van der Waals surface area contributed by atoms with Crippen molar-refractivity contribution in [2.24, 2.45) is 0 Å². The molecule has 0 unspecified atom stereocenters. The molecule has 1 aliphatic carbocycles. The molecule has 1 fully saturated rings. The number of nitrogens with zero attached hydrogens (tertiary/aromatic N) is 1. The SMILES string of the molecule is O=C(COC(=O)CCc1ncc(-c2ccc(F)cc2)o1)NC(=O)NC1CCCCC1. The third-order valence-corrected chi connectivity index (χ3v) is 4.78. The van der Waals surface area contributed by atoms with Crippen molar-refractivity contribution in [3.05, 3.63) is 42.2 Å². The third kappa shape index (κ3) is 6.68. The highest BCUT2D eigenvalue weighted by Crippen LogP contribution is 2.21. The lowest BCUT2D eigenvalue weighted by Crippen LogP contribution is -2.46. The number of urea groups is 1. The van der Waals surface area contributed by atoms with Crippen LogP contribution in [0.1, 0.15) is 44.4 Å². The lowest BCUT2D eigenvalue weighted by molar-refractivity contribution is -0.148. The van der Waals surface area contributed by atoms with Crippen LogP contribution < -0.4 is 10.6 Å². The normalized spacial score (nSPS) is 14.2. The maximum Gasteiger partial charge on any atom is 0.321 e. The summed E-state index contributed by atoms with van der Waals surface area (Å²) >= 11 is 0. The van der Waals surface area contributed by atoms with Crippen molar-refractivity contribution in [3.8, 4) is 11.3 Å². The summed E-state index contributed by atoms with van der Waals surface area (Å²) in [5.41, 5.74) is 0.668. The van der Waals surface area contributed by atoms with E-state index in [9.17, 15) is 18.8 Å². The molecule has 9 heteroatoms. The Morgan fingerprint density at radius 2 is 1.87 bits per heavy atom. The van der Waals surface area contributed by atoms with Gasteiger partial charge in [0.05, 0.1) is 12.6 Å². The highest BCUT2D eigenvalue weighted by atomic mass is 19.1. The smallest absolute Gasteiger partial charge is 0.321 e. The zero-order chi connectivity index (χ0) is 21.3. The first-order valence-corrected chi connectivity index (χ1v) is 9.96. The number of hydrogen-bond acceptors (Lipinski definition) is 6. The van der Waals surface area contributed by atoms with Gasteiger partial charge in [-0.15, -0.1) is 0 Å². The van der Waals surface area contributed by atoms with Crippen molar-refractivity contribution in [2.75, 3.05) is 6.61 Å². The average Bonchev–Trinajstić information content (AvgIpc) is 3.21. The number of carbonyl (C=O) groups is 3. The molecule has 30 heavy (non-hydrogen) atoms. The summed E-state index contributed by atoms with van der Waals surface area (Å²) < 4.78 is 23.4. The summed E-state index contributed by atoms with van der Waals surface area (Å²) in [6.07, 6.45) is 6.73. The Hall–Kier alpha value is -3.23. The van der Waals surface area contributed by atoms with Gasteiger partial charge in [0.2, 0.25) is 0 Å². The summed E-state index contributed by atoms with van der Waals surface area (Å²) in [5.74, 6) is -0.869. The number of aryl methyl sites for hydroxylation is 1. The van der Waals surface area contributed by atoms with Crippen LogP contribution in [0, 0.1) is 5.82 Å². The molecule has 160 valence electrons. The Balaban J connectivity index is 1.35. The Morgan fingerprint density at radius 1 is 1.13 bits per heavy atom. The van der Waals surface area contributed by atoms with Gasteiger partial charge < -0.3 is 14.5 Å². The van der Waals surface area contributed by atoms with E-state index in [2.05, 4.69) is 15.6 Å². The number of oxazole rings is 1. The largest absolute Gasteiger partial charge is 0.456 e. The Morgan fingerprint density at radius 3 is 2.60 bits per heavy atom. The Labute approximate surface area is 173 Å². The number of imide groups is 1. The van der Waals surface area contributed by atoms with E-state index >= 15 is 0 Å². The summed E-state index contributed by atoms with van der Waals surface area (Å²) in [7, 11) is 0. The van der Waals surface area contributed by atoms with E-state index in [4.69, 9.17) is 9.15 Å². The van der Waals surface area contributed by atoms with Crippen molar-refractivity contribution in [1.29, 1.82) is 0 Å². The number of hydrogen-bond donors (Lipinski definition) is 2. The number of aromatic nitrogens is 1. The molecule has 1 aromatic heterocycles. The van der Waals surface area contributed by atoms with E-state index in [1.54, 1.807) is 12.1 Å². The molecule has 1 saturated carbocycles. The zero-order valence-electron chi connectivity index (χ0n) is 16.5. The monoisotopic (exact) mass is 417 g/mol. The van der Waals surface area contributed by atoms with Crippen molar-refractivity contribution in [3.63, 3.8) is 0 Å². The lowest BCUT2D eigenvalue weighted by atomic mass is 9.96. The Bertz CT molecular complexity index is 875. The van der Waals surface area contributed by atoms with Crippen molar-refractivity contribution >= 4 is 17.9 Å². The second-order valence-electron chi connectivity index (χ2n) is 7.14. The summed E-state index contributed by atoms with van der Waals surface area (Å²) in [4.78, 5) is 39.4. The first-order chi connectivity index (χ1) is 14.5. The van der Waals surface area contributed by atoms with Crippen LogP contribution in [0.4, 0.5) is 9.18 Å². The van der Waals surface area contributed by atoms with Gasteiger partial charge in [0.25, 0.3) is 5.91 Å². The minimum Gasteiger partial charge on any atom is -0.456 e. The number of benzene rings is 1. The number of nitrogens with one attached hydrogen (secondary N) is 2. The van der Waals surface area contributed by atoms with Crippen LogP contribution in [0.15, 0.2) is 34.9 Å². The minimum absolute atomic E-state index is 0.0368. The van der Waals surface area contributed by atoms with E-state index in [0.29, 0.717) is 17.2 Å². The second-order valence-corrected chi connectivity index (χ2v) is 7.14. The maximum absolute atomic E-state index is 13.0. The molecule has 0 spiro atoms. The van der Waals surface area contributed by atoms with Crippen LogP contribution in [0.2, 0.25) is 0 Å². The van der Waals surface area contributed by atoms with E-state index in [0.717, 1.165) is 32.1 Å². The highest BCUT2D eigenvalue weighted by molar-refractivity contribution is 5.95. The van der Waals surface area contributed by atoms with Crippen molar-refractivity contribution in [1.82, 2.24) is 15.6 Å². The van der Waals surface area contributed by atoms with Gasteiger partial charge in [0.1, 0.15) is 5.82 Å². The molecule has 0 atom stereocenters. The molecular formula is C21H24FN3O5. The molecule has 1 aromatic carbocycles. The fourth-order valence-electron chi connectivity index (χ4n) is 3.23. The van der Waals surface area contributed by atoms with Gasteiger partial charge in [-0.2, -0.15) is 0 Å². The molecule has 0 bridgehead atoms. The number of carbonyl (C=O) groups excluding carboxylic acids is 3. The molecule has 1 heterocycles. The fourth-order valence-corrected chi connectivity index (χ4v) is 3.23. The van der Waals surface area contributed by atoms with Crippen LogP contribution in [0.25, 0.3) is 11.3 Å². The predicted octanol–water partition coefficient (Wildman–Crippen LogP) is 3.12. The number of halogens is 1. The van der Waals surface area contributed by atoms with Gasteiger partial charge in [-0.25, -0.2) is 14.2 Å². The fraction of sp³-hybridized carbons (Fsp3) is 0.429. The number of esters is 1. The lowest BCUT2D eigenvalue weighted by Gasteiger charge is -2.22. The second kappa shape index (κ2) is 10.5. The number of ether oxygens (including phenoxy) is 1. The molecule has 2 aromatic rings. The Kier molecular flexibility index (Phi) is 7.53. The highest BCUT2D eigenvalue weighted by Gasteiger charge is 2.18. The van der Waals surface area contributed by atoms with Gasteiger partial charge >= 0.3 is 12.0 Å². The van der Waals surface area contributed by atoms with Crippen molar-refractivity contribution < 1.29 is 27.9 Å². The quantitative estimate of drug-likeness (QED) is 0.670. The van der Waals surface area contributed by atoms with Crippen LogP contribution in [0.5, 0.6) is 0 Å². The average molecular weight is 417 g/mol. The first kappa shape index (κ1) is 21.5. The van der Waals surface area contributed by atoms with E-state index in [1.165, 1.54) is 18.3 Å². The van der Waals surface area contributed by atoms with Gasteiger partial charge in [-0.05, 0) is 37.1 Å². The predicted molar refractivity (Wildman–Crippen MR) is 105 cm³/mol. The van der Waals surface area contributed by atoms with E-state index in [1.807, 2.05) is 0 Å². The zero-order valence-corrected chi connectivity index (χ0v) is 16.5. The molecule has 3 rings (SSSR count). The van der Waals surface area contributed by atoms with Gasteiger partial charge in [-0.1, -0.05) is 19.3 Å². The van der Waals surface area contributed by atoms with E-state index in [-0.39, 0.29) is 24.7 Å². The molecule has 1 aliphatic rings. The molecule has 2 N–H and O–H groups in total. The van der Waals surface area contributed by atoms with Gasteiger partial charge in [0, 0.05) is 18.0 Å². The standard InChI is InChI=1S/C21H24FN3O5/c22-15-8-6-14(7-9-15)17-12-23-19(30-17)10-11-20(27)29-13-18(26)25-21(28)24-16-4-2-1-3-5-16/h6-9,12,16H,1-5,10-11,13H2,(H2,24,25,26,28). The van der Waals surface area contributed by atoms with Crippen LogP contribution >= 0.6 is 0 Å².